The zero-order chi connectivity index (χ0) is 20.3. The number of benzene rings is 1. The number of hydrogen-bond donors (Lipinski definition) is 1. The molecule has 1 aliphatic heterocycles. The van der Waals surface area contributed by atoms with E-state index in [-0.39, 0.29) is 17.6 Å². The van der Waals surface area contributed by atoms with E-state index in [2.05, 4.69) is 25.2 Å². The van der Waals surface area contributed by atoms with Gasteiger partial charge in [0.05, 0.1) is 24.2 Å². The fourth-order valence-electron chi connectivity index (χ4n) is 3.30. The van der Waals surface area contributed by atoms with Gasteiger partial charge in [0, 0.05) is 34.5 Å². The Labute approximate surface area is 168 Å². The van der Waals surface area contributed by atoms with Gasteiger partial charge in [0.25, 0.3) is 11.6 Å². The predicted molar refractivity (Wildman–Crippen MR) is 110 cm³/mol. The van der Waals surface area contributed by atoms with Crippen LogP contribution in [0.25, 0.3) is 0 Å². The Hall–Kier alpha value is -2.45. The van der Waals surface area contributed by atoms with Gasteiger partial charge >= 0.3 is 0 Å². The van der Waals surface area contributed by atoms with Crippen LogP contribution in [0.3, 0.4) is 0 Å². The highest BCUT2D eigenvalue weighted by molar-refractivity contribution is 7.12. The summed E-state index contributed by atoms with van der Waals surface area (Å²) in [5.41, 5.74) is 1.90. The SMILES string of the molecule is CCc1sc(C(C)Nc2ccc(C(=O)N3CCOCC3)cc2[N+](=O)[O-])cc1C. The van der Waals surface area contributed by atoms with Gasteiger partial charge in [-0.05, 0) is 44.0 Å². The summed E-state index contributed by atoms with van der Waals surface area (Å²) in [6.45, 7) is 8.18. The second-order valence-electron chi connectivity index (χ2n) is 6.87. The maximum atomic E-state index is 12.6. The Morgan fingerprint density at radius 1 is 1.36 bits per heavy atom. The first-order valence-electron chi connectivity index (χ1n) is 9.42. The number of carbonyl (C=O) groups is 1. The molecule has 2 aromatic rings. The second-order valence-corrected chi connectivity index (χ2v) is 8.04. The van der Waals surface area contributed by atoms with Crippen molar-refractivity contribution in [2.45, 2.75) is 33.2 Å². The molecular weight excluding hydrogens is 378 g/mol. The van der Waals surface area contributed by atoms with Crippen LogP contribution >= 0.6 is 11.3 Å². The van der Waals surface area contributed by atoms with E-state index >= 15 is 0 Å². The molecule has 1 amide bonds. The molecular formula is C20H25N3O4S. The highest BCUT2D eigenvalue weighted by Gasteiger charge is 2.23. The Morgan fingerprint density at radius 2 is 2.07 bits per heavy atom. The van der Waals surface area contributed by atoms with Crippen LogP contribution in [-0.4, -0.2) is 42.0 Å². The van der Waals surface area contributed by atoms with E-state index in [9.17, 15) is 14.9 Å². The van der Waals surface area contributed by atoms with Gasteiger partial charge in [0.2, 0.25) is 0 Å². The van der Waals surface area contributed by atoms with E-state index in [1.54, 1.807) is 28.4 Å². The molecule has 0 spiro atoms. The van der Waals surface area contributed by atoms with Crippen molar-refractivity contribution >= 4 is 28.6 Å². The minimum atomic E-state index is -0.442. The average Bonchev–Trinajstić information content (AvgIpc) is 3.09. The lowest BCUT2D eigenvalue weighted by Crippen LogP contribution is -2.40. The van der Waals surface area contributed by atoms with Crippen LogP contribution in [0, 0.1) is 17.0 Å². The Kier molecular flexibility index (Phi) is 6.31. The van der Waals surface area contributed by atoms with Crippen molar-refractivity contribution < 1.29 is 14.5 Å². The van der Waals surface area contributed by atoms with E-state index < -0.39 is 4.92 Å². The fourth-order valence-corrected chi connectivity index (χ4v) is 4.42. The van der Waals surface area contributed by atoms with Crippen molar-refractivity contribution in [2.75, 3.05) is 31.6 Å². The van der Waals surface area contributed by atoms with Crippen LogP contribution < -0.4 is 5.32 Å². The number of anilines is 1. The maximum Gasteiger partial charge on any atom is 0.293 e. The zero-order valence-corrected chi connectivity index (χ0v) is 17.2. The van der Waals surface area contributed by atoms with Crippen molar-refractivity contribution in [1.29, 1.82) is 0 Å². The van der Waals surface area contributed by atoms with Gasteiger partial charge in [-0.1, -0.05) is 6.92 Å². The third-order valence-corrected chi connectivity index (χ3v) is 6.46. The van der Waals surface area contributed by atoms with Crippen molar-refractivity contribution in [2.24, 2.45) is 0 Å². The molecule has 1 unspecified atom stereocenters. The highest BCUT2D eigenvalue weighted by Crippen LogP contribution is 2.33. The van der Waals surface area contributed by atoms with Crippen LogP contribution in [0.4, 0.5) is 11.4 Å². The second kappa shape index (κ2) is 8.70. The molecule has 7 nitrogen and oxygen atoms in total. The molecule has 0 aliphatic carbocycles. The van der Waals surface area contributed by atoms with Gasteiger partial charge in [-0.15, -0.1) is 11.3 Å². The smallest absolute Gasteiger partial charge is 0.293 e. The maximum absolute atomic E-state index is 12.6. The number of nitrogens with zero attached hydrogens (tertiary/aromatic N) is 2. The molecule has 8 heteroatoms. The van der Waals surface area contributed by atoms with Gasteiger partial charge in [-0.2, -0.15) is 0 Å². The Bertz CT molecular complexity index is 874. The first-order chi connectivity index (χ1) is 13.4. The number of thiophene rings is 1. The molecule has 1 aromatic heterocycles. The number of hydrogen-bond acceptors (Lipinski definition) is 6. The molecule has 1 fully saturated rings. The van der Waals surface area contributed by atoms with Gasteiger partial charge in [-0.25, -0.2) is 0 Å². The molecule has 1 saturated heterocycles. The number of carbonyl (C=O) groups excluding carboxylic acids is 1. The number of ether oxygens (including phenoxy) is 1. The van der Waals surface area contributed by atoms with Crippen LogP contribution in [0.15, 0.2) is 24.3 Å². The topological polar surface area (TPSA) is 84.7 Å². The standard InChI is InChI=1S/C20H25N3O4S/c1-4-18-13(2)11-19(28-18)14(3)21-16-6-5-15(12-17(16)23(25)26)20(24)22-7-9-27-10-8-22/h5-6,11-12,14,21H,4,7-10H2,1-3H3. The third kappa shape index (κ3) is 4.34. The predicted octanol–water partition coefficient (Wildman–Crippen LogP) is 4.17. The molecule has 1 aliphatic rings. The lowest BCUT2D eigenvalue weighted by atomic mass is 10.1. The minimum Gasteiger partial charge on any atom is -0.378 e. The first-order valence-corrected chi connectivity index (χ1v) is 10.2. The van der Waals surface area contributed by atoms with E-state index in [4.69, 9.17) is 4.74 Å². The number of nitrogens with one attached hydrogen (secondary N) is 1. The molecule has 1 N–H and O–H groups in total. The summed E-state index contributed by atoms with van der Waals surface area (Å²) < 4.78 is 5.26. The summed E-state index contributed by atoms with van der Waals surface area (Å²) in [6.07, 6.45) is 0.974. The van der Waals surface area contributed by atoms with Gasteiger partial charge in [-0.3, -0.25) is 14.9 Å². The Morgan fingerprint density at radius 3 is 2.68 bits per heavy atom. The Balaban J connectivity index is 1.82. The van der Waals surface area contributed by atoms with Crippen molar-refractivity contribution in [3.63, 3.8) is 0 Å². The van der Waals surface area contributed by atoms with Gasteiger partial charge < -0.3 is 15.0 Å². The lowest BCUT2D eigenvalue weighted by Gasteiger charge is -2.27. The first kappa shape index (κ1) is 20.3. The number of nitro benzene ring substituents is 1. The molecule has 28 heavy (non-hydrogen) atoms. The number of morpholine rings is 1. The molecule has 3 rings (SSSR count). The van der Waals surface area contributed by atoms with E-state index in [1.165, 1.54) is 16.5 Å². The fraction of sp³-hybridized carbons (Fsp3) is 0.450. The summed E-state index contributed by atoms with van der Waals surface area (Å²) in [5.74, 6) is -0.201. The molecule has 1 atom stereocenters. The number of nitro groups is 1. The average molecular weight is 404 g/mol. The molecule has 150 valence electrons. The van der Waals surface area contributed by atoms with Crippen molar-refractivity contribution in [3.8, 4) is 0 Å². The number of amides is 1. The summed E-state index contributed by atoms with van der Waals surface area (Å²) >= 11 is 1.72. The molecule has 2 heterocycles. The van der Waals surface area contributed by atoms with Crippen LogP contribution in [0.1, 0.15) is 45.6 Å². The zero-order valence-electron chi connectivity index (χ0n) is 16.4. The largest absolute Gasteiger partial charge is 0.378 e. The van der Waals surface area contributed by atoms with Gasteiger partial charge in [0.15, 0.2) is 0 Å². The van der Waals surface area contributed by atoms with E-state index in [0.29, 0.717) is 37.6 Å². The molecule has 0 bridgehead atoms. The third-order valence-electron chi connectivity index (χ3n) is 4.90. The minimum absolute atomic E-state index is 0.0662. The number of aryl methyl sites for hydroxylation is 2. The summed E-state index contributed by atoms with van der Waals surface area (Å²) in [6, 6.07) is 6.71. The summed E-state index contributed by atoms with van der Waals surface area (Å²) in [7, 11) is 0. The van der Waals surface area contributed by atoms with Crippen LogP contribution in [0.5, 0.6) is 0 Å². The van der Waals surface area contributed by atoms with E-state index in [0.717, 1.165) is 11.3 Å². The van der Waals surface area contributed by atoms with Crippen LogP contribution in [-0.2, 0) is 11.2 Å². The summed E-state index contributed by atoms with van der Waals surface area (Å²) in [5, 5.41) is 14.9. The van der Waals surface area contributed by atoms with Crippen molar-refractivity contribution in [1.82, 2.24) is 4.90 Å². The van der Waals surface area contributed by atoms with Gasteiger partial charge in [0.1, 0.15) is 5.69 Å². The molecule has 0 radical (unpaired) electrons. The van der Waals surface area contributed by atoms with E-state index in [1.807, 2.05) is 6.92 Å². The van der Waals surface area contributed by atoms with Crippen LogP contribution in [0.2, 0.25) is 0 Å². The quantitative estimate of drug-likeness (QED) is 0.578. The molecule has 0 saturated carbocycles. The monoisotopic (exact) mass is 403 g/mol. The lowest BCUT2D eigenvalue weighted by molar-refractivity contribution is -0.384. The number of rotatable bonds is 6. The molecule has 1 aromatic carbocycles. The summed E-state index contributed by atoms with van der Waals surface area (Å²) in [4.78, 5) is 27.9. The highest BCUT2D eigenvalue weighted by atomic mass is 32.1. The van der Waals surface area contributed by atoms with Crippen molar-refractivity contribution in [3.05, 3.63) is 55.3 Å². The normalized spacial score (nSPS) is 15.3.